The second kappa shape index (κ2) is 7.06. The van der Waals surface area contributed by atoms with E-state index < -0.39 is 0 Å². The molecule has 1 fully saturated rings. The lowest BCUT2D eigenvalue weighted by atomic mass is 10.3. The van der Waals surface area contributed by atoms with E-state index in [0.29, 0.717) is 24.8 Å². The third kappa shape index (κ3) is 3.93. The molecule has 1 atom stereocenters. The minimum atomic E-state index is 0.0588. The summed E-state index contributed by atoms with van der Waals surface area (Å²) in [5, 5.41) is 3.27. The summed E-state index contributed by atoms with van der Waals surface area (Å²) in [5.74, 6) is 1.82. The Kier molecular flexibility index (Phi) is 4.66. The zero-order chi connectivity index (χ0) is 14.3. The van der Waals surface area contributed by atoms with Gasteiger partial charge in [0.15, 0.2) is 5.75 Å². The molecule has 1 aliphatic rings. The van der Waals surface area contributed by atoms with E-state index >= 15 is 0 Å². The summed E-state index contributed by atoms with van der Waals surface area (Å²) in [4.78, 5) is 4.23. The summed E-state index contributed by atoms with van der Waals surface area (Å²) in [6.07, 6.45) is 1.74. The Morgan fingerprint density at radius 1 is 1.19 bits per heavy atom. The van der Waals surface area contributed by atoms with E-state index in [9.17, 15) is 0 Å². The van der Waals surface area contributed by atoms with E-state index in [4.69, 9.17) is 14.2 Å². The van der Waals surface area contributed by atoms with Crippen LogP contribution in [0.25, 0.3) is 0 Å². The van der Waals surface area contributed by atoms with Crippen LogP contribution < -0.4 is 14.8 Å². The van der Waals surface area contributed by atoms with E-state index in [1.54, 1.807) is 6.20 Å². The maximum absolute atomic E-state index is 5.80. The van der Waals surface area contributed by atoms with Crippen molar-refractivity contribution in [2.75, 3.05) is 26.3 Å². The van der Waals surface area contributed by atoms with Crippen LogP contribution in [0.5, 0.6) is 17.4 Å². The topological polar surface area (TPSA) is 52.6 Å². The number of benzene rings is 1. The van der Waals surface area contributed by atoms with Crippen LogP contribution >= 0.6 is 0 Å². The van der Waals surface area contributed by atoms with Crippen LogP contribution in [-0.4, -0.2) is 37.4 Å². The van der Waals surface area contributed by atoms with Gasteiger partial charge in [0.1, 0.15) is 18.5 Å². The van der Waals surface area contributed by atoms with Crippen molar-refractivity contribution in [3.8, 4) is 17.4 Å². The number of aromatic nitrogens is 1. The molecule has 5 heteroatoms. The molecule has 1 aromatic heterocycles. The SMILES string of the molecule is c1ccc(Oc2ncccc2OCC2CNCCO2)cc1. The van der Waals surface area contributed by atoms with Crippen molar-refractivity contribution in [3.05, 3.63) is 48.7 Å². The van der Waals surface area contributed by atoms with Crippen LogP contribution in [0.4, 0.5) is 0 Å². The molecule has 21 heavy (non-hydrogen) atoms. The zero-order valence-electron chi connectivity index (χ0n) is 11.7. The largest absolute Gasteiger partial charge is 0.485 e. The van der Waals surface area contributed by atoms with Crippen LogP contribution in [-0.2, 0) is 4.74 Å². The van der Waals surface area contributed by atoms with Gasteiger partial charge in [0.25, 0.3) is 5.88 Å². The number of para-hydroxylation sites is 1. The Morgan fingerprint density at radius 2 is 2.10 bits per heavy atom. The molecule has 110 valence electrons. The third-order valence-corrected chi connectivity index (χ3v) is 3.12. The first-order valence-corrected chi connectivity index (χ1v) is 7.05. The van der Waals surface area contributed by atoms with Crippen molar-refractivity contribution < 1.29 is 14.2 Å². The number of ether oxygens (including phenoxy) is 3. The average Bonchev–Trinajstić information content (AvgIpc) is 2.56. The van der Waals surface area contributed by atoms with Gasteiger partial charge >= 0.3 is 0 Å². The first kappa shape index (κ1) is 13.9. The summed E-state index contributed by atoms with van der Waals surface area (Å²) >= 11 is 0. The first-order valence-electron chi connectivity index (χ1n) is 7.05. The number of rotatable bonds is 5. The molecule has 0 aliphatic carbocycles. The van der Waals surface area contributed by atoms with Crippen LogP contribution in [0.1, 0.15) is 0 Å². The summed E-state index contributed by atoms with van der Waals surface area (Å²) < 4.78 is 17.2. The first-order chi connectivity index (χ1) is 10.4. The minimum Gasteiger partial charge on any atom is -0.485 e. The molecule has 0 bridgehead atoms. The summed E-state index contributed by atoms with van der Waals surface area (Å²) in [7, 11) is 0. The standard InChI is InChI=1S/C16H18N2O3/c1-2-5-13(6-3-1)21-16-15(7-4-8-18-16)20-12-14-11-17-9-10-19-14/h1-8,14,17H,9-12H2. The molecule has 1 saturated heterocycles. The predicted octanol–water partition coefficient (Wildman–Crippen LogP) is 2.24. The highest BCUT2D eigenvalue weighted by molar-refractivity contribution is 5.36. The number of morpholine rings is 1. The molecular weight excluding hydrogens is 268 g/mol. The highest BCUT2D eigenvalue weighted by atomic mass is 16.6. The minimum absolute atomic E-state index is 0.0588. The number of nitrogens with one attached hydrogen (secondary N) is 1. The molecule has 2 aromatic rings. The van der Waals surface area contributed by atoms with Crippen molar-refractivity contribution in [1.29, 1.82) is 0 Å². The van der Waals surface area contributed by atoms with Gasteiger partial charge in [-0.05, 0) is 24.3 Å². The predicted molar refractivity (Wildman–Crippen MR) is 78.9 cm³/mol. The maximum Gasteiger partial charge on any atom is 0.262 e. The fourth-order valence-corrected chi connectivity index (χ4v) is 2.07. The molecule has 1 aliphatic heterocycles. The van der Waals surface area contributed by atoms with E-state index in [1.165, 1.54) is 0 Å². The molecule has 1 unspecified atom stereocenters. The lowest BCUT2D eigenvalue weighted by Crippen LogP contribution is -2.41. The number of hydrogen-bond acceptors (Lipinski definition) is 5. The molecular formula is C16H18N2O3. The van der Waals surface area contributed by atoms with E-state index in [0.717, 1.165) is 18.8 Å². The molecule has 5 nitrogen and oxygen atoms in total. The number of pyridine rings is 1. The highest BCUT2D eigenvalue weighted by Crippen LogP contribution is 2.28. The van der Waals surface area contributed by atoms with E-state index in [1.807, 2.05) is 42.5 Å². The second-order valence-electron chi connectivity index (χ2n) is 4.73. The molecule has 0 radical (unpaired) electrons. The van der Waals surface area contributed by atoms with Gasteiger partial charge in [-0.1, -0.05) is 18.2 Å². The zero-order valence-corrected chi connectivity index (χ0v) is 11.7. The van der Waals surface area contributed by atoms with Crippen molar-refractivity contribution >= 4 is 0 Å². The van der Waals surface area contributed by atoms with Gasteiger partial charge in [0.2, 0.25) is 0 Å². The molecule has 0 amide bonds. The number of nitrogens with zero attached hydrogens (tertiary/aromatic N) is 1. The average molecular weight is 286 g/mol. The third-order valence-electron chi connectivity index (χ3n) is 3.12. The molecule has 1 N–H and O–H groups in total. The van der Waals surface area contributed by atoms with Crippen molar-refractivity contribution in [1.82, 2.24) is 10.3 Å². The summed E-state index contributed by atoms with van der Waals surface area (Å²) in [6, 6.07) is 13.2. The Hall–Kier alpha value is -2.11. The Bertz CT molecular complexity index is 556. The smallest absolute Gasteiger partial charge is 0.262 e. The van der Waals surface area contributed by atoms with Gasteiger partial charge < -0.3 is 19.5 Å². The lowest BCUT2D eigenvalue weighted by molar-refractivity contribution is -0.000292. The highest BCUT2D eigenvalue weighted by Gasteiger charge is 2.15. The van der Waals surface area contributed by atoms with Gasteiger partial charge in [-0.25, -0.2) is 4.98 Å². The van der Waals surface area contributed by atoms with Gasteiger partial charge in [-0.3, -0.25) is 0 Å². The van der Waals surface area contributed by atoms with E-state index in [2.05, 4.69) is 10.3 Å². The normalized spacial score (nSPS) is 18.2. The van der Waals surface area contributed by atoms with E-state index in [-0.39, 0.29) is 6.10 Å². The van der Waals surface area contributed by atoms with Crippen molar-refractivity contribution in [2.45, 2.75) is 6.10 Å². The Labute approximate surface area is 123 Å². The fourth-order valence-electron chi connectivity index (χ4n) is 2.07. The summed E-state index contributed by atoms with van der Waals surface area (Å²) in [6.45, 7) is 2.89. The van der Waals surface area contributed by atoms with Crippen molar-refractivity contribution in [3.63, 3.8) is 0 Å². The second-order valence-corrected chi connectivity index (χ2v) is 4.73. The van der Waals surface area contributed by atoms with Gasteiger partial charge in [0, 0.05) is 19.3 Å². The van der Waals surface area contributed by atoms with Gasteiger partial charge in [-0.2, -0.15) is 0 Å². The van der Waals surface area contributed by atoms with Crippen LogP contribution in [0.15, 0.2) is 48.7 Å². The van der Waals surface area contributed by atoms with Crippen LogP contribution in [0.3, 0.4) is 0 Å². The monoisotopic (exact) mass is 286 g/mol. The summed E-state index contributed by atoms with van der Waals surface area (Å²) in [5.41, 5.74) is 0. The Balaban J connectivity index is 1.64. The molecule has 1 aromatic carbocycles. The van der Waals surface area contributed by atoms with Gasteiger partial charge in [0.05, 0.1) is 6.61 Å². The fraction of sp³-hybridized carbons (Fsp3) is 0.312. The Morgan fingerprint density at radius 3 is 2.90 bits per heavy atom. The lowest BCUT2D eigenvalue weighted by Gasteiger charge is -2.23. The molecule has 3 rings (SSSR count). The van der Waals surface area contributed by atoms with Crippen molar-refractivity contribution in [2.24, 2.45) is 0 Å². The van der Waals surface area contributed by atoms with Crippen LogP contribution in [0.2, 0.25) is 0 Å². The van der Waals surface area contributed by atoms with Gasteiger partial charge in [-0.15, -0.1) is 0 Å². The quantitative estimate of drug-likeness (QED) is 0.913. The number of hydrogen-bond donors (Lipinski definition) is 1. The maximum atomic E-state index is 5.80. The molecule has 0 spiro atoms. The molecule has 0 saturated carbocycles. The van der Waals surface area contributed by atoms with Crippen LogP contribution in [0, 0.1) is 0 Å². The molecule has 2 heterocycles.